The number of piperazine rings is 1. The van der Waals surface area contributed by atoms with Gasteiger partial charge in [0.25, 0.3) is 5.91 Å². The number of aryl methyl sites for hydroxylation is 1. The van der Waals surface area contributed by atoms with Crippen LogP contribution in [-0.2, 0) is 9.59 Å². The Morgan fingerprint density at radius 2 is 1.70 bits per heavy atom. The molecule has 0 unspecified atom stereocenters. The number of nitrogens with zero attached hydrogens (tertiary/aromatic N) is 3. The molecular formula is C21H28N4O2. The molecule has 4 rings (SSSR count). The number of carbonyl (C=O) groups excluding carboxylic acids is 2. The highest BCUT2D eigenvalue weighted by Gasteiger charge is 2.31. The molecular weight excluding hydrogens is 340 g/mol. The summed E-state index contributed by atoms with van der Waals surface area (Å²) in [4.78, 5) is 29.7. The predicted molar refractivity (Wildman–Crippen MR) is 105 cm³/mol. The largest absolute Gasteiger partial charge is 0.335 e. The van der Waals surface area contributed by atoms with Crippen molar-refractivity contribution < 1.29 is 9.59 Å². The lowest BCUT2D eigenvalue weighted by molar-refractivity contribution is -0.129. The quantitative estimate of drug-likeness (QED) is 0.889. The van der Waals surface area contributed by atoms with Crippen LogP contribution in [0.5, 0.6) is 0 Å². The van der Waals surface area contributed by atoms with Gasteiger partial charge in [-0.05, 0) is 38.0 Å². The second kappa shape index (κ2) is 7.72. The van der Waals surface area contributed by atoms with Crippen molar-refractivity contribution in [1.82, 2.24) is 15.2 Å². The molecule has 6 nitrogen and oxygen atoms in total. The lowest BCUT2D eigenvalue weighted by Crippen LogP contribution is -2.54. The van der Waals surface area contributed by atoms with Gasteiger partial charge < -0.3 is 4.90 Å². The van der Waals surface area contributed by atoms with Crippen LogP contribution >= 0.6 is 0 Å². The smallest absolute Gasteiger partial charge is 0.271 e. The number of carbonyl (C=O) groups is 2. The van der Waals surface area contributed by atoms with Crippen LogP contribution in [0.15, 0.2) is 36.0 Å². The summed E-state index contributed by atoms with van der Waals surface area (Å²) in [5.74, 6) is -0.0628. The third-order valence-corrected chi connectivity index (χ3v) is 5.93. The van der Waals surface area contributed by atoms with E-state index in [1.165, 1.54) is 30.7 Å². The van der Waals surface area contributed by atoms with Crippen LogP contribution in [0.4, 0.5) is 5.69 Å². The number of hydrogen-bond donors (Lipinski definition) is 1. The van der Waals surface area contributed by atoms with Crippen LogP contribution < -0.4 is 10.4 Å². The molecule has 0 bridgehead atoms. The van der Waals surface area contributed by atoms with E-state index in [9.17, 15) is 9.59 Å². The molecule has 2 aliphatic heterocycles. The molecule has 1 aliphatic carbocycles. The van der Waals surface area contributed by atoms with Crippen LogP contribution in [0.1, 0.15) is 37.7 Å². The van der Waals surface area contributed by atoms with Gasteiger partial charge in [0, 0.05) is 38.6 Å². The first-order chi connectivity index (χ1) is 13.1. The van der Waals surface area contributed by atoms with Gasteiger partial charge in [0.2, 0.25) is 5.91 Å². The van der Waals surface area contributed by atoms with E-state index in [-0.39, 0.29) is 18.2 Å². The zero-order valence-corrected chi connectivity index (χ0v) is 16.0. The fourth-order valence-electron chi connectivity index (χ4n) is 4.28. The molecule has 3 aliphatic rings. The molecule has 1 N–H and O–H groups in total. The molecule has 2 heterocycles. The molecule has 27 heavy (non-hydrogen) atoms. The SMILES string of the molecule is Cc1ccc(N2NC(C(=O)N3CCN(C4CCCC4)CC3)=CCC2=O)cc1. The van der Waals surface area contributed by atoms with Crippen LogP contribution in [0, 0.1) is 6.92 Å². The van der Waals surface area contributed by atoms with Crippen molar-refractivity contribution in [2.24, 2.45) is 0 Å². The van der Waals surface area contributed by atoms with Crippen molar-refractivity contribution in [3.05, 3.63) is 41.6 Å². The molecule has 144 valence electrons. The van der Waals surface area contributed by atoms with Gasteiger partial charge in [-0.15, -0.1) is 0 Å². The zero-order valence-electron chi connectivity index (χ0n) is 16.0. The molecule has 1 saturated carbocycles. The van der Waals surface area contributed by atoms with Gasteiger partial charge in [-0.1, -0.05) is 30.5 Å². The van der Waals surface area contributed by atoms with E-state index in [0.29, 0.717) is 11.7 Å². The van der Waals surface area contributed by atoms with E-state index >= 15 is 0 Å². The third-order valence-electron chi connectivity index (χ3n) is 5.93. The minimum atomic E-state index is -0.0542. The fraction of sp³-hybridized carbons (Fsp3) is 0.524. The van der Waals surface area contributed by atoms with Crippen LogP contribution in [-0.4, -0.2) is 53.8 Å². The molecule has 0 radical (unpaired) electrons. The summed E-state index contributed by atoms with van der Waals surface area (Å²) in [7, 11) is 0. The summed E-state index contributed by atoms with van der Waals surface area (Å²) in [5, 5.41) is 1.49. The standard InChI is InChI=1S/C21H28N4O2/c1-16-6-8-18(9-7-16)25-20(26)11-10-19(22-25)21(27)24-14-12-23(13-15-24)17-4-2-3-5-17/h6-10,17,22H,2-5,11-15H2,1H3. The van der Waals surface area contributed by atoms with Crippen molar-refractivity contribution in [3.63, 3.8) is 0 Å². The number of amides is 2. The fourth-order valence-corrected chi connectivity index (χ4v) is 4.28. The van der Waals surface area contributed by atoms with Gasteiger partial charge in [0.1, 0.15) is 5.70 Å². The first kappa shape index (κ1) is 18.0. The molecule has 1 aromatic carbocycles. The summed E-state index contributed by atoms with van der Waals surface area (Å²) in [6.07, 6.45) is 7.23. The van der Waals surface area contributed by atoms with Crippen molar-refractivity contribution in [2.45, 2.75) is 45.1 Å². The maximum Gasteiger partial charge on any atom is 0.271 e. The molecule has 0 aromatic heterocycles. The second-order valence-corrected chi connectivity index (χ2v) is 7.76. The zero-order chi connectivity index (χ0) is 18.8. The molecule has 0 spiro atoms. The number of rotatable bonds is 3. The lowest BCUT2D eigenvalue weighted by Gasteiger charge is -2.39. The Morgan fingerprint density at radius 1 is 1.04 bits per heavy atom. The molecule has 2 fully saturated rings. The molecule has 1 saturated heterocycles. The van der Waals surface area contributed by atoms with Crippen molar-refractivity contribution >= 4 is 17.5 Å². The topological polar surface area (TPSA) is 55.9 Å². The van der Waals surface area contributed by atoms with Gasteiger partial charge >= 0.3 is 0 Å². The van der Waals surface area contributed by atoms with Gasteiger partial charge in [0.05, 0.1) is 5.69 Å². The Labute approximate surface area is 160 Å². The Bertz CT molecular complexity index is 729. The summed E-state index contributed by atoms with van der Waals surface area (Å²) < 4.78 is 0. The van der Waals surface area contributed by atoms with Crippen LogP contribution in [0.2, 0.25) is 0 Å². The number of anilines is 1. The number of nitrogens with one attached hydrogen (secondary N) is 1. The minimum absolute atomic E-state index is 0.00863. The summed E-state index contributed by atoms with van der Waals surface area (Å²) in [5.41, 5.74) is 5.44. The second-order valence-electron chi connectivity index (χ2n) is 7.76. The molecule has 1 aromatic rings. The highest BCUT2D eigenvalue weighted by molar-refractivity contribution is 6.01. The average molecular weight is 368 g/mol. The maximum atomic E-state index is 13.0. The first-order valence-electron chi connectivity index (χ1n) is 10.0. The highest BCUT2D eigenvalue weighted by atomic mass is 16.2. The summed E-state index contributed by atoms with van der Waals surface area (Å²) in [6.45, 7) is 5.42. The Hall–Kier alpha value is -2.34. The minimum Gasteiger partial charge on any atom is -0.335 e. The van der Waals surface area contributed by atoms with Gasteiger partial charge in [0.15, 0.2) is 0 Å². The van der Waals surface area contributed by atoms with E-state index in [1.54, 1.807) is 6.08 Å². The normalized spacial score (nSPS) is 22.0. The number of benzene rings is 1. The predicted octanol–water partition coefficient (Wildman–Crippen LogP) is 2.21. The average Bonchev–Trinajstić information content (AvgIpc) is 3.24. The van der Waals surface area contributed by atoms with Gasteiger partial charge in [-0.2, -0.15) is 0 Å². The Balaban J connectivity index is 1.38. The summed E-state index contributed by atoms with van der Waals surface area (Å²) >= 11 is 0. The lowest BCUT2D eigenvalue weighted by atomic mass is 10.1. The number of hydrazine groups is 1. The monoisotopic (exact) mass is 368 g/mol. The van der Waals surface area contributed by atoms with Crippen LogP contribution in [0.25, 0.3) is 0 Å². The number of hydrogen-bond acceptors (Lipinski definition) is 4. The van der Waals surface area contributed by atoms with Crippen molar-refractivity contribution in [2.75, 3.05) is 31.2 Å². The van der Waals surface area contributed by atoms with Crippen molar-refractivity contribution in [1.29, 1.82) is 0 Å². The highest BCUT2D eigenvalue weighted by Crippen LogP contribution is 2.25. The Kier molecular flexibility index (Phi) is 5.16. The Morgan fingerprint density at radius 3 is 2.37 bits per heavy atom. The van der Waals surface area contributed by atoms with E-state index in [1.807, 2.05) is 36.1 Å². The van der Waals surface area contributed by atoms with Crippen LogP contribution in [0.3, 0.4) is 0 Å². The molecule has 6 heteroatoms. The van der Waals surface area contributed by atoms with Crippen molar-refractivity contribution in [3.8, 4) is 0 Å². The van der Waals surface area contributed by atoms with E-state index in [2.05, 4.69) is 10.3 Å². The van der Waals surface area contributed by atoms with E-state index in [4.69, 9.17) is 0 Å². The van der Waals surface area contributed by atoms with E-state index < -0.39 is 0 Å². The molecule has 2 amide bonds. The third kappa shape index (κ3) is 3.86. The van der Waals surface area contributed by atoms with Gasteiger partial charge in [-0.25, -0.2) is 5.01 Å². The molecule has 0 atom stereocenters. The first-order valence-corrected chi connectivity index (χ1v) is 10.0. The van der Waals surface area contributed by atoms with Gasteiger partial charge in [-0.3, -0.25) is 19.9 Å². The summed E-state index contributed by atoms with van der Waals surface area (Å²) in [6, 6.07) is 8.43. The maximum absolute atomic E-state index is 13.0. The van der Waals surface area contributed by atoms with E-state index in [0.717, 1.165) is 37.4 Å².